The first-order valence-corrected chi connectivity index (χ1v) is 3.54. The molecule has 1 nitrogen and oxygen atoms in total. The lowest BCUT2D eigenvalue weighted by Gasteiger charge is -1.86. The maximum atomic E-state index is 10.7. The van der Waals surface area contributed by atoms with Gasteiger partial charge in [0.2, 0.25) is 0 Å². The molecule has 0 saturated carbocycles. The van der Waals surface area contributed by atoms with Gasteiger partial charge in [-0.15, -0.1) is 0 Å². The second-order valence-corrected chi connectivity index (χ2v) is 2.19. The van der Waals surface area contributed by atoms with E-state index in [1.54, 1.807) is 6.08 Å². The van der Waals surface area contributed by atoms with Gasteiger partial charge in [0, 0.05) is 6.42 Å². The molecule has 0 aliphatic heterocycles. The Labute approximate surface area is 62.4 Å². The minimum absolute atomic E-state index is 0.182. The second kappa shape index (κ2) is 4.98. The third-order valence-corrected chi connectivity index (χ3v) is 1.34. The molecule has 0 heterocycles. The van der Waals surface area contributed by atoms with Crippen molar-refractivity contribution in [2.75, 3.05) is 0 Å². The molecule has 0 unspecified atom stereocenters. The van der Waals surface area contributed by atoms with Crippen molar-refractivity contribution in [1.29, 1.82) is 0 Å². The SMILES string of the molecule is CC=C(C)/C=C\C(=O)CC. The van der Waals surface area contributed by atoms with Gasteiger partial charge in [-0.05, 0) is 19.9 Å². The van der Waals surface area contributed by atoms with Gasteiger partial charge < -0.3 is 0 Å². The van der Waals surface area contributed by atoms with Gasteiger partial charge in [0.1, 0.15) is 0 Å². The summed E-state index contributed by atoms with van der Waals surface area (Å²) in [7, 11) is 0. The van der Waals surface area contributed by atoms with Gasteiger partial charge in [-0.1, -0.05) is 24.6 Å². The van der Waals surface area contributed by atoms with E-state index < -0.39 is 0 Å². The van der Waals surface area contributed by atoms with E-state index in [4.69, 9.17) is 0 Å². The lowest BCUT2D eigenvalue weighted by atomic mass is 10.2. The Balaban J connectivity index is 3.88. The Bertz CT molecular complexity index is 164. The minimum Gasteiger partial charge on any atom is -0.295 e. The first-order valence-electron chi connectivity index (χ1n) is 3.54. The number of allylic oxidation sites excluding steroid dienone is 4. The van der Waals surface area contributed by atoms with E-state index in [1.165, 1.54) is 0 Å². The average Bonchev–Trinajstić information content (AvgIpc) is 1.99. The predicted molar refractivity (Wildman–Crippen MR) is 43.9 cm³/mol. The molecule has 0 fully saturated rings. The molecule has 0 amide bonds. The molecule has 0 aromatic carbocycles. The summed E-state index contributed by atoms with van der Waals surface area (Å²) in [5, 5.41) is 0. The smallest absolute Gasteiger partial charge is 0.155 e. The monoisotopic (exact) mass is 138 g/mol. The maximum absolute atomic E-state index is 10.7. The number of carbonyl (C=O) groups excluding carboxylic acids is 1. The van der Waals surface area contributed by atoms with Gasteiger partial charge in [0.25, 0.3) is 0 Å². The van der Waals surface area contributed by atoms with Crippen LogP contribution in [0.1, 0.15) is 27.2 Å². The predicted octanol–water partition coefficient (Wildman–Crippen LogP) is 2.49. The molecule has 0 saturated heterocycles. The summed E-state index contributed by atoms with van der Waals surface area (Å²) in [6, 6.07) is 0. The van der Waals surface area contributed by atoms with E-state index >= 15 is 0 Å². The van der Waals surface area contributed by atoms with E-state index in [0.717, 1.165) is 5.57 Å². The van der Waals surface area contributed by atoms with Crippen LogP contribution in [0, 0.1) is 0 Å². The van der Waals surface area contributed by atoms with Crippen molar-refractivity contribution in [2.24, 2.45) is 0 Å². The van der Waals surface area contributed by atoms with Crippen LogP contribution in [-0.2, 0) is 4.79 Å². The number of ketones is 1. The van der Waals surface area contributed by atoms with Crippen LogP contribution in [0.5, 0.6) is 0 Å². The maximum Gasteiger partial charge on any atom is 0.155 e. The largest absolute Gasteiger partial charge is 0.295 e. The van der Waals surface area contributed by atoms with Gasteiger partial charge in [-0.3, -0.25) is 4.79 Å². The second-order valence-electron chi connectivity index (χ2n) is 2.19. The summed E-state index contributed by atoms with van der Waals surface area (Å²) in [4.78, 5) is 10.7. The Morgan fingerprint density at radius 3 is 2.40 bits per heavy atom. The van der Waals surface area contributed by atoms with E-state index in [2.05, 4.69) is 0 Å². The van der Waals surface area contributed by atoms with E-state index in [0.29, 0.717) is 6.42 Å². The highest BCUT2D eigenvalue weighted by atomic mass is 16.1. The molecule has 0 N–H and O–H groups in total. The molecule has 0 aromatic heterocycles. The molecule has 0 atom stereocenters. The standard InChI is InChI=1S/C9H14O/c1-4-8(3)6-7-9(10)5-2/h4,6-7H,5H2,1-3H3/b7-6-,8-4?. The van der Waals surface area contributed by atoms with Crippen LogP contribution in [0.4, 0.5) is 0 Å². The highest BCUT2D eigenvalue weighted by Gasteiger charge is 1.87. The van der Waals surface area contributed by atoms with Gasteiger partial charge >= 0.3 is 0 Å². The minimum atomic E-state index is 0.182. The van der Waals surface area contributed by atoms with Crippen LogP contribution in [0.3, 0.4) is 0 Å². The van der Waals surface area contributed by atoms with Gasteiger partial charge in [0.15, 0.2) is 5.78 Å². The zero-order valence-electron chi connectivity index (χ0n) is 6.85. The molecule has 0 rings (SSSR count). The summed E-state index contributed by atoms with van der Waals surface area (Å²) in [6.45, 7) is 5.78. The molecule has 1 heteroatoms. The van der Waals surface area contributed by atoms with Crippen molar-refractivity contribution in [3.8, 4) is 0 Å². The zero-order chi connectivity index (χ0) is 7.98. The van der Waals surface area contributed by atoms with Crippen molar-refractivity contribution in [3.63, 3.8) is 0 Å². The Kier molecular flexibility index (Phi) is 4.55. The van der Waals surface area contributed by atoms with Crippen molar-refractivity contribution >= 4 is 5.78 Å². The summed E-state index contributed by atoms with van der Waals surface area (Å²) >= 11 is 0. The fraction of sp³-hybridized carbons (Fsp3) is 0.444. The first-order chi connectivity index (χ1) is 4.70. The summed E-state index contributed by atoms with van der Waals surface area (Å²) in [5.74, 6) is 0.182. The number of hydrogen-bond acceptors (Lipinski definition) is 1. The average molecular weight is 138 g/mol. The Hall–Kier alpha value is -0.850. The summed E-state index contributed by atoms with van der Waals surface area (Å²) in [6.07, 6.45) is 6.02. The molecular formula is C9H14O. The fourth-order valence-electron chi connectivity index (χ4n) is 0.438. The van der Waals surface area contributed by atoms with Gasteiger partial charge in [-0.2, -0.15) is 0 Å². The lowest BCUT2D eigenvalue weighted by Crippen LogP contribution is -1.86. The van der Waals surface area contributed by atoms with Crippen LogP contribution < -0.4 is 0 Å². The summed E-state index contributed by atoms with van der Waals surface area (Å²) < 4.78 is 0. The number of carbonyl (C=O) groups is 1. The van der Waals surface area contributed by atoms with Crippen LogP contribution in [0.15, 0.2) is 23.8 Å². The highest BCUT2D eigenvalue weighted by molar-refractivity contribution is 5.89. The Morgan fingerprint density at radius 1 is 1.40 bits per heavy atom. The molecule has 0 spiro atoms. The molecule has 0 radical (unpaired) electrons. The molecule has 56 valence electrons. The van der Waals surface area contributed by atoms with E-state index in [1.807, 2.05) is 32.9 Å². The van der Waals surface area contributed by atoms with Crippen molar-refractivity contribution in [2.45, 2.75) is 27.2 Å². The van der Waals surface area contributed by atoms with Gasteiger partial charge in [-0.25, -0.2) is 0 Å². The molecule has 0 aliphatic carbocycles. The highest BCUT2D eigenvalue weighted by Crippen LogP contribution is 1.94. The summed E-state index contributed by atoms with van der Waals surface area (Å²) in [5.41, 5.74) is 1.13. The molecule has 10 heavy (non-hydrogen) atoms. The fourth-order valence-corrected chi connectivity index (χ4v) is 0.438. The lowest BCUT2D eigenvalue weighted by molar-refractivity contribution is -0.114. The van der Waals surface area contributed by atoms with Crippen LogP contribution >= 0.6 is 0 Å². The Morgan fingerprint density at radius 2 is 2.00 bits per heavy atom. The van der Waals surface area contributed by atoms with Crippen LogP contribution in [0.25, 0.3) is 0 Å². The third kappa shape index (κ3) is 4.07. The number of rotatable bonds is 3. The molecule has 0 bridgehead atoms. The molecule has 0 aliphatic rings. The van der Waals surface area contributed by atoms with Crippen molar-refractivity contribution < 1.29 is 4.79 Å². The third-order valence-electron chi connectivity index (χ3n) is 1.34. The van der Waals surface area contributed by atoms with Crippen LogP contribution in [0.2, 0.25) is 0 Å². The molecule has 0 aromatic rings. The van der Waals surface area contributed by atoms with Crippen molar-refractivity contribution in [1.82, 2.24) is 0 Å². The van der Waals surface area contributed by atoms with Crippen molar-refractivity contribution in [3.05, 3.63) is 23.8 Å². The van der Waals surface area contributed by atoms with Gasteiger partial charge in [0.05, 0.1) is 0 Å². The van der Waals surface area contributed by atoms with Crippen LogP contribution in [-0.4, -0.2) is 5.78 Å². The molecular weight excluding hydrogens is 124 g/mol. The number of hydrogen-bond donors (Lipinski definition) is 0. The zero-order valence-corrected chi connectivity index (χ0v) is 6.85. The quantitative estimate of drug-likeness (QED) is 0.432. The normalized spacial score (nSPS) is 12.5. The first kappa shape index (κ1) is 9.15. The van der Waals surface area contributed by atoms with E-state index in [-0.39, 0.29) is 5.78 Å². The topological polar surface area (TPSA) is 17.1 Å². The van der Waals surface area contributed by atoms with E-state index in [9.17, 15) is 4.79 Å².